The fourth-order valence-electron chi connectivity index (χ4n) is 2.40. The van der Waals surface area contributed by atoms with Gasteiger partial charge in [0.1, 0.15) is 11.1 Å². The Morgan fingerprint density at radius 3 is 2.79 bits per heavy atom. The number of thiazole rings is 1. The van der Waals surface area contributed by atoms with Crippen molar-refractivity contribution in [2.45, 2.75) is 6.54 Å². The number of anilines is 1. The molecule has 2 aromatic carbocycles. The number of hydrogen-bond acceptors (Lipinski definition) is 5. The summed E-state index contributed by atoms with van der Waals surface area (Å²) in [5.41, 5.74) is 1.98. The Morgan fingerprint density at radius 2 is 2.00 bits per heavy atom. The summed E-state index contributed by atoms with van der Waals surface area (Å²) in [4.78, 5) is 18.7. The number of nitrogens with zero attached hydrogens (tertiary/aromatic N) is 3. The molecule has 0 bridgehead atoms. The van der Waals surface area contributed by atoms with Crippen LogP contribution in [0.4, 0.5) is 5.69 Å². The van der Waals surface area contributed by atoms with E-state index in [1.165, 1.54) is 0 Å². The monoisotopic (exact) mass is 336 g/mol. The first-order valence-electron chi connectivity index (χ1n) is 7.47. The summed E-state index contributed by atoms with van der Waals surface area (Å²) in [7, 11) is 1.88. The van der Waals surface area contributed by atoms with Gasteiger partial charge in [-0.15, -0.1) is 11.3 Å². The molecular weight excluding hydrogens is 320 g/mol. The molecular formula is C18H16N4OS. The molecule has 0 atom stereocenters. The summed E-state index contributed by atoms with van der Waals surface area (Å²) in [6.45, 7) is 0.836. The van der Waals surface area contributed by atoms with Crippen LogP contribution >= 0.6 is 11.3 Å². The highest BCUT2D eigenvalue weighted by Gasteiger charge is 2.11. The van der Waals surface area contributed by atoms with Gasteiger partial charge in [-0.05, 0) is 31.3 Å². The van der Waals surface area contributed by atoms with Gasteiger partial charge in [0.2, 0.25) is 5.91 Å². The van der Waals surface area contributed by atoms with Crippen molar-refractivity contribution in [1.29, 1.82) is 5.26 Å². The third kappa shape index (κ3) is 3.77. The van der Waals surface area contributed by atoms with Gasteiger partial charge >= 0.3 is 0 Å². The normalized spacial score (nSPS) is 10.7. The quantitative estimate of drug-likeness (QED) is 0.776. The lowest BCUT2D eigenvalue weighted by atomic mass is 10.2. The van der Waals surface area contributed by atoms with E-state index in [0.29, 0.717) is 17.8 Å². The van der Waals surface area contributed by atoms with Crippen LogP contribution in [0.15, 0.2) is 48.5 Å². The molecule has 0 aliphatic rings. The highest BCUT2D eigenvalue weighted by molar-refractivity contribution is 7.18. The lowest BCUT2D eigenvalue weighted by Gasteiger charge is -2.15. The Morgan fingerprint density at radius 1 is 1.25 bits per heavy atom. The van der Waals surface area contributed by atoms with E-state index in [4.69, 9.17) is 5.26 Å². The summed E-state index contributed by atoms with van der Waals surface area (Å²) in [5, 5.41) is 12.8. The predicted octanol–water partition coefficient (Wildman–Crippen LogP) is 3.24. The molecule has 0 aliphatic heterocycles. The average Bonchev–Trinajstić information content (AvgIpc) is 2.97. The maximum absolute atomic E-state index is 12.2. The lowest BCUT2D eigenvalue weighted by Crippen LogP contribution is -2.30. The van der Waals surface area contributed by atoms with Gasteiger partial charge in [-0.25, -0.2) is 4.98 Å². The Hall–Kier alpha value is -2.75. The number of rotatable bonds is 5. The van der Waals surface area contributed by atoms with E-state index < -0.39 is 0 Å². The second kappa shape index (κ2) is 7.21. The van der Waals surface area contributed by atoms with Crippen molar-refractivity contribution in [3.05, 3.63) is 59.1 Å². The van der Waals surface area contributed by atoms with Crippen LogP contribution in [0.1, 0.15) is 10.6 Å². The lowest BCUT2D eigenvalue weighted by molar-refractivity contribution is -0.117. The number of fused-ring (bicyclic) bond motifs is 1. The number of benzene rings is 2. The maximum Gasteiger partial charge on any atom is 0.238 e. The number of amides is 1. The molecule has 0 aliphatic carbocycles. The third-order valence-corrected chi connectivity index (χ3v) is 4.50. The summed E-state index contributed by atoms with van der Waals surface area (Å²) in [5.74, 6) is -0.152. The molecule has 3 aromatic rings. The molecule has 1 heterocycles. The molecule has 0 saturated heterocycles. The molecule has 1 aromatic heterocycles. The van der Waals surface area contributed by atoms with E-state index in [1.807, 2.05) is 36.2 Å². The van der Waals surface area contributed by atoms with Crippen molar-refractivity contribution in [3.63, 3.8) is 0 Å². The second-order valence-electron chi connectivity index (χ2n) is 5.45. The third-order valence-electron chi connectivity index (χ3n) is 3.48. The van der Waals surface area contributed by atoms with Crippen LogP contribution in [0, 0.1) is 11.3 Å². The summed E-state index contributed by atoms with van der Waals surface area (Å²) >= 11 is 1.64. The van der Waals surface area contributed by atoms with Gasteiger partial charge in [0.25, 0.3) is 0 Å². The van der Waals surface area contributed by atoms with Crippen LogP contribution in [-0.2, 0) is 11.3 Å². The minimum atomic E-state index is -0.152. The highest BCUT2D eigenvalue weighted by Crippen LogP contribution is 2.22. The number of nitriles is 1. The molecule has 3 rings (SSSR count). The van der Waals surface area contributed by atoms with Crippen molar-refractivity contribution < 1.29 is 4.79 Å². The van der Waals surface area contributed by atoms with E-state index in [1.54, 1.807) is 35.6 Å². The Labute approximate surface area is 144 Å². The molecule has 0 saturated carbocycles. The van der Waals surface area contributed by atoms with Crippen molar-refractivity contribution in [2.75, 3.05) is 18.9 Å². The zero-order chi connectivity index (χ0) is 16.9. The smallest absolute Gasteiger partial charge is 0.238 e. The number of nitrogens with one attached hydrogen (secondary N) is 1. The topological polar surface area (TPSA) is 69.0 Å². The molecule has 0 radical (unpaired) electrons. The zero-order valence-corrected chi connectivity index (χ0v) is 14.0. The molecule has 24 heavy (non-hydrogen) atoms. The number of para-hydroxylation sites is 2. The van der Waals surface area contributed by atoms with Crippen LogP contribution in [0.5, 0.6) is 0 Å². The minimum Gasteiger partial charge on any atom is -0.324 e. The highest BCUT2D eigenvalue weighted by atomic mass is 32.1. The first-order valence-corrected chi connectivity index (χ1v) is 8.29. The number of likely N-dealkylation sites (N-methyl/N-ethyl adjacent to an activating group) is 1. The molecule has 1 N–H and O–H groups in total. The maximum atomic E-state index is 12.2. The van der Waals surface area contributed by atoms with E-state index in [-0.39, 0.29) is 12.5 Å². The predicted molar refractivity (Wildman–Crippen MR) is 95.7 cm³/mol. The van der Waals surface area contributed by atoms with Crippen molar-refractivity contribution in [3.8, 4) is 6.07 Å². The van der Waals surface area contributed by atoms with E-state index in [2.05, 4.69) is 16.4 Å². The van der Waals surface area contributed by atoms with Gasteiger partial charge in [-0.2, -0.15) is 5.26 Å². The minimum absolute atomic E-state index is 0.152. The van der Waals surface area contributed by atoms with Crippen molar-refractivity contribution >= 4 is 33.1 Å². The van der Waals surface area contributed by atoms with Crippen LogP contribution in [0.25, 0.3) is 10.2 Å². The number of hydrogen-bond donors (Lipinski definition) is 1. The molecule has 6 heteroatoms. The van der Waals surface area contributed by atoms with Crippen molar-refractivity contribution in [1.82, 2.24) is 9.88 Å². The second-order valence-corrected chi connectivity index (χ2v) is 6.57. The van der Waals surface area contributed by atoms with Gasteiger partial charge < -0.3 is 5.32 Å². The van der Waals surface area contributed by atoms with Crippen molar-refractivity contribution in [2.24, 2.45) is 0 Å². The fourth-order valence-corrected chi connectivity index (χ4v) is 3.45. The molecule has 0 unspecified atom stereocenters. The Kier molecular flexibility index (Phi) is 4.85. The van der Waals surface area contributed by atoms with E-state index in [9.17, 15) is 4.79 Å². The van der Waals surface area contributed by atoms with Gasteiger partial charge in [0, 0.05) is 0 Å². The van der Waals surface area contributed by atoms with Gasteiger partial charge in [0.05, 0.1) is 34.6 Å². The van der Waals surface area contributed by atoms with Crippen LogP contribution in [0.3, 0.4) is 0 Å². The van der Waals surface area contributed by atoms with Crippen LogP contribution in [-0.4, -0.2) is 29.4 Å². The van der Waals surface area contributed by atoms with E-state index >= 15 is 0 Å². The first kappa shape index (κ1) is 16.1. The molecule has 0 spiro atoms. The standard InChI is InChI=1S/C18H16N4OS/c1-22(12-18-21-15-8-4-5-9-16(15)24-18)11-17(23)20-14-7-3-2-6-13(14)10-19/h2-9H,11-12H2,1H3,(H,20,23). The Balaban J connectivity index is 1.61. The average molecular weight is 336 g/mol. The fraction of sp³-hybridized carbons (Fsp3) is 0.167. The van der Waals surface area contributed by atoms with Gasteiger partial charge in [-0.3, -0.25) is 9.69 Å². The number of carbonyl (C=O) groups is 1. The molecule has 5 nitrogen and oxygen atoms in total. The van der Waals surface area contributed by atoms with Crippen LogP contribution < -0.4 is 5.32 Å². The number of aromatic nitrogens is 1. The Bertz CT molecular complexity index is 880. The number of carbonyl (C=O) groups excluding carboxylic acids is 1. The summed E-state index contributed by atoms with van der Waals surface area (Å²) in [6, 6.07) is 17.0. The molecule has 0 fully saturated rings. The first-order chi connectivity index (χ1) is 11.7. The summed E-state index contributed by atoms with van der Waals surface area (Å²) in [6.07, 6.45) is 0. The van der Waals surface area contributed by atoms with E-state index in [0.717, 1.165) is 15.2 Å². The molecule has 120 valence electrons. The van der Waals surface area contributed by atoms with Crippen LogP contribution in [0.2, 0.25) is 0 Å². The largest absolute Gasteiger partial charge is 0.324 e. The van der Waals surface area contributed by atoms with Gasteiger partial charge in [-0.1, -0.05) is 24.3 Å². The summed E-state index contributed by atoms with van der Waals surface area (Å²) < 4.78 is 1.15. The zero-order valence-electron chi connectivity index (χ0n) is 13.2. The SMILES string of the molecule is CN(CC(=O)Nc1ccccc1C#N)Cc1nc2ccccc2s1. The van der Waals surface area contributed by atoms with Gasteiger partial charge in [0.15, 0.2) is 0 Å². The molecule has 1 amide bonds.